The number of nitrogens with zero attached hydrogens (tertiary/aromatic N) is 2. The topological polar surface area (TPSA) is 67.9 Å². The number of ether oxygens (including phenoxy) is 1. The van der Waals surface area contributed by atoms with Gasteiger partial charge in [0.15, 0.2) is 0 Å². The van der Waals surface area contributed by atoms with E-state index in [4.69, 9.17) is 4.74 Å². The second-order valence-corrected chi connectivity index (χ2v) is 6.23. The van der Waals surface area contributed by atoms with Gasteiger partial charge in [-0.1, -0.05) is 44.7 Å². The fraction of sp³-hybridized carbons (Fsp3) is 0.438. The summed E-state index contributed by atoms with van der Waals surface area (Å²) in [5.41, 5.74) is 1.64. The summed E-state index contributed by atoms with van der Waals surface area (Å²) in [6.07, 6.45) is 0.824. The van der Waals surface area contributed by atoms with Crippen molar-refractivity contribution < 1.29 is 9.53 Å². The molecule has 0 radical (unpaired) electrons. The van der Waals surface area contributed by atoms with Crippen LogP contribution in [0.5, 0.6) is 0 Å². The predicted molar refractivity (Wildman–Crippen MR) is 87.0 cm³/mol. The normalized spacial score (nSPS) is 10.9. The van der Waals surface area contributed by atoms with Gasteiger partial charge in [-0.3, -0.25) is 5.10 Å². The highest BCUT2D eigenvalue weighted by atomic mass is 32.2. The molecule has 0 aliphatic rings. The minimum atomic E-state index is -0.270. The highest BCUT2D eigenvalue weighted by Crippen LogP contribution is 2.21. The van der Waals surface area contributed by atoms with Crippen molar-refractivity contribution in [1.82, 2.24) is 15.2 Å². The van der Waals surface area contributed by atoms with Crippen LogP contribution in [0.2, 0.25) is 0 Å². The Morgan fingerprint density at radius 1 is 1.41 bits per heavy atom. The van der Waals surface area contributed by atoms with Gasteiger partial charge in [0.2, 0.25) is 5.16 Å². The van der Waals surface area contributed by atoms with Crippen molar-refractivity contribution in [3.8, 4) is 0 Å². The van der Waals surface area contributed by atoms with Gasteiger partial charge in [-0.25, -0.2) is 9.78 Å². The van der Waals surface area contributed by atoms with E-state index in [9.17, 15) is 4.79 Å². The van der Waals surface area contributed by atoms with Crippen molar-refractivity contribution in [1.29, 1.82) is 0 Å². The molecule has 22 heavy (non-hydrogen) atoms. The van der Waals surface area contributed by atoms with E-state index in [1.54, 1.807) is 17.8 Å². The van der Waals surface area contributed by atoms with Crippen LogP contribution in [0.4, 0.5) is 0 Å². The molecule has 0 unspecified atom stereocenters. The number of aromatic amines is 1. The molecule has 1 aromatic heterocycles. The lowest BCUT2D eigenvalue weighted by Crippen LogP contribution is -2.06. The number of rotatable bonds is 7. The van der Waals surface area contributed by atoms with Gasteiger partial charge in [0, 0.05) is 11.7 Å². The van der Waals surface area contributed by atoms with Crippen LogP contribution in [-0.2, 0) is 10.5 Å². The molecule has 5 nitrogen and oxygen atoms in total. The number of H-pyrrole nitrogens is 1. The number of carbonyl (C=O) groups is 1. The monoisotopic (exact) mass is 319 g/mol. The lowest BCUT2D eigenvalue weighted by Gasteiger charge is -2.05. The molecule has 2 rings (SSSR count). The zero-order chi connectivity index (χ0) is 15.9. The SMILES string of the molecule is CCCOC(=O)c1cccc(CSc2n[nH]c(C(C)C)n2)c1. The molecule has 1 aromatic carbocycles. The van der Waals surface area contributed by atoms with Crippen LogP contribution in [0, 0.1) is 0 Å². The van der Waals surface area contributed by atoms with E-state index in [2.05, 4.69) is 29.0 Å². The van der Waals surface area contributed by atoms with E-state index >= 15 is 0 Å². The number of hydrogen-bond donors (Lipinski definition) is 1. The summed E-state index contributed by atoms with van der Waals surface area (Å²) in [4.78, 5) is 16.3. The van der Waals surface area contributed by atoms with Crippen molar-refractivity contribution in [2.75, 3.05) is 6.61 Å². The molecule has 0 atom stereocenters. The van der Waals surface area contributed by atoms with E-state index in [0.29, 0.717) is 23.8 Å². The first-order chi connectivity index (χ1) is 10.6. The van der Waals surface area contributed by atoms with Crippen molar-refractivity contribution in [2.45, 2.75) is 44.0 Å². The standard InChI is InChI=1S/C16H21N3O2S/c1-4-8-21-15(20)13-7-5-6-12(9-13)10-22-16-17-14(11(2)3)18-19-16/h5-7,9,11H,4,8,10H2,1-3H3,(H,17,18,19). The summed E-state index contributed by atoms with van der Waals surface area (Å²) in [5.74, 6) is 1.66. The molecule has 0 spiro atoms. The van der Waals surface area contributed by atoms with E-state index in [1.807, 2.05) is 25.1 Å². The number of hydrogen-bond acceptors (Lipinski definition) is 5. The largest absolute Gasteiger partial charge is 0.462 e. The Bertz CT molecular complexity index is 625. The Balaban J connectivity index is 1.96. The Kier molecular flexibility index (Phi) is 6.00. The molecule has 0 bridgehead atoms. The maximum atomic E-state index is 11.8. The van der Waals surface area contributed by atoms with Crippen LogP contribution < -0.4 is 0 Å². The molecule has 0 aliphatic carbocycles. The number of benzene rings is 1. The van der Waals surface area contributed by atoms with Gasteiger partial charge in [-0.2, -0.15) is 0 Å². The minimum absolute atomic E-state index is 0.270. The lowest BCUT2D eigenvalue weighted by molar-refractivity contribution is 0.0505. The van der Waals surface area contributed by atoms with Gasteiger partial charge in [-0.05, 0) is 24.1 Å². The first kappa shape index (κ1) is 16.5. The van der Waals surface area contributed by atoms with Gasteiger partial charge in [0.05, 0.1) is 12.2 Å². The van der Waals surface area contributed by atoms with Crippen LogP contribution >= 0.6 is 11.8 Å². The number of carbonyl (C=O) groups excluding carboxylic acids is 1. The van der Waals surface area contributed by atoms with Crippen LogP contribution in [0.1, 0.15) is 54.9 Å². The Labute approximate surface area is 134 Å². The fourth-order valence-corrected chi connectivity index (χ4v) is 2.54. The summed E-state index contributed by atoms with van der Waals surface area (Å²) in [5, 5.41) is 7.85. The maximum Gasteiger partial charge on any atom is 0.338 e. The highest BCUT2D eigenvalue weighted by Gasteiger charge is 2.10. The smallest absolute Gasteiger partial charge is 0.338 e. The van der Waals surface area contributed by atoms with Crippen molar-refractivity contribution >= 4 is 17.7 Å². The summed E-state index contributed by atoms with van der Waals surface area (Å²) in [6, 6.07) is 7.49. The molecule has 0 fully saturated rings. The second-order valence-electron chi connectivity index (χ2n) is 5.28. The molecule has 0 amide bonds. The fourth-order valence-electron chi connectivity index (χ4n) is 1.79. The molecule has 6 heteroatoms. The first-order valence-electron chi connectivity index (χ1n) is 7.41. The molecule has 1 heterocycles. The summed E-state index contributed by atoms with van der Waals surface area (Å²) in [7, 11) is 0. The van der Waals surface area contributed by atoms with Crippen LogP contribution in [0.15, 0.2) is 29.4 Å². The Hall–Kier alpha value is -1.82. The number of nitrogens with one attached hydrogen (secondary N) is 1. The molecular weight excluding hydrogens is 298 g/mol. The lowest BCUT2D eigenvalue weighted by atomic mass is 10.1. The van der Waals surface area contributed by atoms with Crippen molar-refractivity contribution in [3.63, 3.8) is 0 Å². The summed E-state index contributed by atoms with van der Waals surface area (Å²) in [6.45, 7) is 6.57. The van der Waals surface area contributed by atoms with Crippen molar-refractivity contribution in [2.24, 2.45) is 0 Å². The number of aromatic nitrogens is 3. The molecule has 0 aliphatic heterocycles. The van der Waals surface area contributed by atoms with E-state index in [0.717, 1.165) is 23.0 Å². The van der Waals surface area contributed by atoms with E-state index in [1.165, 1.54) is 0 Å². The molecule has 1 N–H and O–H groups in total. The third-order valence-corrected chi connectivity index (χ3v) is 3.92. The molecular formula is C16H21N3O2S. The highest BCUT2D eigenvalue weighted by molar-refractivity contribution is 7.98. The molecule has 0 saturated heterocycles. The summed E-state index contributed by atoms with van der Waals surface area (Å²) < 4.78 is 5.15. The van der Waals surface area contributed by atoms with Gasteiger partial charge in [0.25, 0.3) is 0 Å². The quantitative estimate of drug-likeness (QED) is 0.621. The predicted octanol–water partition coefficient (Wildman–Crippen LogP) is 3.79. The summed E-state index contributed by atoms with van der Waals surface area (Å²) >= 11 is 1.54. The maximum absolute atomic E-state index is 11.8. The van der Waals surface area contributed by atoms with Gasteiger partial charge < -0.3 is 4.74 Å². The first-order valence-corrected chi connectivity index (χ1v) is 8.40. The van der Waals surface area contributed by atoms with E-state index < -0.39 is 0 Å². The van der Waals surface area contributed by atoms with Gasteiger partial charge >= 0.3 is 5.97 Å². The van der Waals surface area contributed by atoms with Gasteiger partial charge in [0.1, 0.15) is 5.82 Å². The van der Waals surface area contributed by atoms with Crippen LogP contribution in [-0.4, -0.2) is 27.8 Å². The van der Waals surface area contributed by atoms with Gasteiger partial charge in [-0.15, -0.1) is 5.10 Å². The minimum Gasteiger partial charge on any atom is -0.462 e. The van der Waals surface area contributed by atoms with E-state index in [-0.39, 0.29) is 5.97 Å². The average Bonchev–Trinajstić information content (AvgIpc) is 3.00. The number of esters is 1. The number of thioether (sulfide) groups is 1. The zero-order valence-electron chi connectivity index (χ0n) is 13.1. The van der Waals surface area contributed by atoms with Crippen LogP contribution in [0.3, 0.4) is 0 Å². The zero-order valence-corrected chi connectivity index (χ0v) is 13.9. The Morgan fingerprint density at radius 2 is 2.23 bits per heavy atom. The van der Waals surface area contributed by atoms with Crippen LogP contribution in [0.25, 0.3) is 0 Å². The molecule has 118 valence electrons. The molecule has 0 saturated carbocycles. The van der Waals surface area contributed by atoms with Crippen molar-refractivity contribution in [3.05, 3.63) is 41.2 Å². The average molecular weight is 319 g/mol. The third kappa shape index (κ3) is 4.59. The Morgan fingerprint density at radius 3 is 2.91 bits per heavy atom. The molecule has 2 aromatic rings. The second kappa shape index (κ2) is 7.98. The third-order valence-electron chi connectivity index (χ3n) is 3.00.